The first kappa shape index (κ1) is 13.0. The molecule has 0 unspecified atom stereocenters. The minimum Gasteiger partial charge on any atom is -0.378 e. The van der Waals surface area contributed by atoms with Crippen molar-refractivity contribution in [2.45, 2.75) is 44.8 Å². The molecule has 4 heteroatoms. The standard InChI is InChI=1S/C14H20N2O2/c1-11(12-6-8-15-9-7-12)16-14(17)5-4-13-3-2-10-18-13/h6-9,11,13H,2-5,10H2,1H3,(H,16,17)/t11-,13-/m0/s1. The summed E-state index contributed by atoms with van der Waals surface area (Å²) in [5.74, 6) is 0.0924. The minimum absolute atomic E-state index is 0.0324. The van der Waals surface area contributed by atoms with E-state index in [0.717, 1.165) is 31.4 Å². The summed E-state index contributed by atoms with van der Waals surface area (Å²) < 4.78 is 5.50. The van der Waals surface area contributed by atoms with Gasteiger partial charge < -0.3 is 10.1 Å². The Labute approximate surface area is 108 Å². The van der Waals surface area contributed by atoms with Crippen LogP contribution in [0.2, 0.25) is 0 Å². The molecule has 0 radical (unpaired) electrons. The number of nitrogens with one attached hydrogen (secondary N) is 1. The molecule has 0 bridgehead atoms. The second-order valence-corrected chi connectivity index (χ2v) is 4.74. The Balaban J connectivity index is 1.73. The summed E-state index contributed by atoms with van der Waals surface area (Å²) in [5, 5.41) is 3.00. The second-order valence-electron chi connectivity index (χ2n) is 4.74. The Morgan fingerprint density at radius 1 is 1.56 bits per heavy atom. The second kappa shape index (κ2) is 6.50. The van der Waals surface area contributed by atoms with E-state index in [0.29, 0.717) is 6.42 Å². The van der Waals surface area contributed by atoms with Gasteiger partial charge in [0.25, 0.3) is 0 Å². The number of pyridine rings is 1. The van der Waals surface area contributed by atoms with Gasteiger partial charge in [0.05, 0.1) is 12.1 Å². The molecule has 98 valence electrons. The maximum absolute atomic E-state index is 11.8. The van der Waals surface area contributed by atoms with E-state index in [4.69, 9.17) is 4.74 Å². The number of hydrogen-bond donors (Lipinski definition) is 1. The van der Waals surface area contributed by atoms with Gasteiger partial charge in [-0.05, 0) is 43.9 Å². The molecule has 1 saturated heterocycles. The molecule has 18 heavy (non-hydrogen) atoms. The third-order valence-electron chi connectivity index (χ3n) is 3.30. The summed E-state index contributed by atoms with van der Waals surface area (Å²) in [5.41, 5.74) is 1.08. The SMILES string of the molecule is C[C@H](NC(=O)CC[C@@H]1CCCO1)c1ccncc1. The molecule has 0 spiro atoms. The summed E-state index contributed by atoms with van der Waals surface area (Å²) >= 11 is 0. The Hall–Kier alpha value is -1.42. The van der Waals surface area contributed by atoms with Crippen molar-refractivity contribution in [1.29, 1.82) is 0 Å². The number of aromatic nitrogens is 1. The van der Waals surface area contributed by atoms with Crippen LogP contribution in [0.15, 0.2) is 24.5 Å². The van der Waals surface area contributed by atoms with Crippen molar-refractivity contribution >= 4 is 5.91 Å². The molecule has 0 saturated carbocycles. The molecule has 1 amide bonds. The first-order valence-corrected chi connectivity index (χ1v) is 6.56. The lowest BCUT2D eigenvalue weighted by molar-refractivity contribution is -0.122. The first-order valence-electron chi connectivity index (χ1n) is 6.56. The molecule has 1 aliphatic rings. The van der Waals surface area contributed by atoms with Gasteiger partial charge in [-0.3, -0.25) is 9.78 Å². The normalized spacial score (nSPS) is 20.6. The molecule has 1 aliphatic heterocycles. The fraction of sp³-hybridized carbons (Fsp3) is 0.571. The van der Waals surface area contributed by atoms with Crippen LogP contribution in [0.5, 0.6) is 0 Å². The molecule has 1 fully saturated rings. The van der Waals surface area contributed by atoms with Crippen LogP contribution in [-0.2, 0) is 9.53 Å². The van der Waals surface area contributed by atoms with E-state index in [-0.39, 0.29) is 18.1 Å². The predicted octanol–water partition coefficient (Wildman–Crippen LogP) is 2.22. The van der Waals surface area contributed by atoms with Crippen molar-refractivity contribution in [3.05, 3.63) is 30.1 Å². The molecular weight excluding hydrogens is 228 g/mol. The topological polar surface area (TPSA) is 51.2 Å². The molecular formula is C14H20N2O2. The van der Waals surface area contributed by atoms with Crippen LogP contribution >= 0.6 is 0 Å². The zero-order valence-corrected chi connectivity index (χ0v) is 10.8. The van der Waals surface area contributed by atoms with Crippen LogP contribution in [0.3, 0.4) is 0 Å². The number of hydrogen-bond acceptors (Lipinski definition) is 3. The molecule has 1 N–H and O–H groups in total. The van der Waals surface area contributed by atoms with Crippen LogP contribution in [0.1, 0.15) is 44.2 Å². The summed E-state index contributed by atoms with van der Waals surface area (Å²) in [7, 11) is 0. The Kier molecular flexibility index (Phi) is 4.70. The molecule has 2 heterocycles. The summed E-state index contributed by atoms with van der Waals surface area (Å²) in [4.78, 5) is 15.8. The predicted molar refractivity (Wildman–Crippen MR) is 69.0 cm³/mol. The van der Waals surface area contributed by atoms with Gasteiger partial charge in [0.1, 0.15) is 0 Å². The first-order chi connectivity index (χ1) is 8.75. The highest BCUT2D eigenvalue weighted by molar-refractivity contribution is 5.76. The van der Waals surface area contributed by atoms with E-state index >= 15 is 0 Å². The molecule has 2 rings (SSSR count). The van der Waals surface area contributed by atoms with E-state index in [1.807, 2.05) is 19.1 Å². The number of carbonyl (C=O) groups is 1. The third-order valence-corrected chi connectivity index (χ3v) is 3.30. The van der Waals surface area contributed by atoms with Crippen molar-refractivity contribution in [3.8, 4) is 0 Å². The largest absolute Gasteiger partial charge is 0.378 e. The van der Waals surface area contributed by atoms with Crippen molar-refractivity contribution in [2.24, 2.45) is 0 Å². The molecule has 1 aromatic heterocycles. The highest BCUT2D eigenvalue weighted by atomic mass is 16.5. The number of nitrogens with zero attached hydrogens (tertiary/aromatic N) is 1. The monoisotopic (exact) mass is 248 g/mol. The zero-order valence-electron chi connectivity index (χ0n) is 10.8. The fourth-order valence-electron chi connectivity index (χ4n) is 2.21. The Morgan fingerprint density at radius 2 is 2.33 bits per heavy atom. The fourth-order valence-corrected chi connectivity index (χ4v) is 2.21. The minimum atomic E-state index is 0.0324. The summed E-state index contributed by atoms with van der Waals surface area (Å²) in [6, 6.07) is 3.88. The number of rotatable bonds is 5. The molecule has 0 aliphatic carbocycles. The van der Waals surface area contributed by atoms with E-state index in [9.17, 15) is 4.79 Å². The highest BCUT2D eigenvalue weighted by Crippen LogP contribution is 2.17. The van der Waals surface area contributed by atoms with Gasteiger partial charge in [-0.15, -0.1) is 0 Å². The van der Waals surface area contributed by atoms with E-state index < -0.39 is 0 Å². The van der Waals surface area contributed by atoms with Crippen molar-refractivity contribution < 1.29 is 9.53 Å². The van der Waals surface area contributed by atoms with Gasteiger partial charge in [-0.25, -0.2) is 0 Å². The molecule has 1 aromatic rings. The van der Waals surface area contributed by atoms with Crippen LogP contribution in [0.25, 0.3) is 0 Å². The third kappa shape index (κ3) is 3.81. The van der Waals surface area contributed by atoms with Crippen molar-refractivity contribution in [2.75, 3.05) is 6.61 Å². The molecule has 0 aromatic carbocycles. The van der Waals surface area contributed by atoms with Gasteiger partial charge in [0, 0.05) is 25.4 Å². The smallest absolute Gasteiger partial charge is 0.220 e. The van der Waals surface area contributed by atoms with Crippen LogP contribution in [-0.4, -0.2) is 23.6 Å². The summed E-state index contributed by atoms with van der Waals surface area (Å²) in [6.45, 7) is 2.83. The van der Waals surface area contributed by atoms with Gasteiger partial charge in [-0.2, -0.15) is 0 Å². The van der Waals surface area contributed by atoms with Crippen molar-refractivity contribution in [1.82, 2.24) is 10.3 Å². The average Bonchev–Trinajstić information content (AvgIpc) is 2.90. The van der Waals surface area contributed by atoms with E-state index in [2.05, 4.69) is 10.3 Å². The van der Waals surface area contributed by atoms with Crippen LogP contribution in [0, 0.1) is 0 Å². The molecule has 4 nitrogen and oxygen atoms in total. The summed E-state index contributed by atoms with van der Waals surface area (Å²) in [6.07, 6.45) is 7.35. The lowest BCUT2D eigenvalue weighted by Gasteiger charge is -2.15. The van der Waals surface area contributed by atoms with Crippen molar-refractivity contribution in [3.63, 3.8) is 0 Å². The van der Waals surface area contributed by atoms with Gasteiger partial charge >= 0.3 is 0 Å². The van der Waals surface area contributed by atoms with Crippen LogP contribution in [0.4, 0.5) is 0 Å². The van der Waals surface area contributed by atoms with E-state index in [1.54, 1.807) is 12.4 Å². The number of ether oxygens (including phenoxy) is 1. The lowest BCUT2D eigenvalue weighted by atomic mass is 10.1. The maximum Gasteiger partial charge on any atom is 0.220 e. The van der Waals surface area contributed by atoms with E-state index in [1.165, 1.54) is 0 Å². The average molecular weight is 248 g/mol. The van der Waals surface area contributed by atoms with Crippen LogP contribution < -0.4 is 5.32 Å². The van der Waals surface area contributed by atoms with Gasteiger partial charge in [-0.1, -0.05) is 0 Å². The Morgan fingerprint density at radius 3 is 3.00 bits per heavy atom. The van der Waals surface area contributed by atoms with Gasteiger partial charge in [0.15, 0.2) is 0 Å². The lowest BCUT2D eigenvalue weighted by Crippen LogP contribution is -2.27. The maximum atomic E-state index is 11.8. The Bertz CT molecular complexity index is 375. The number of amides is 1. The quantitative estimate of drug-likeness (QED) is 0.869. The molecule has 2 atom stereocenters. The zero-order chi connectivity index (χ0) is 12.8. The number of carbonyl (C=O) groups excluding carboxylic acids is 1. The van der Waals surface area contributed by atoms with Gasteiger partial charge in [0.2, 0.25) is 5.91 Å². The highest BCUT2D eigenvalue weighted by Gasteiger charge is 2.17.